The minimum atomic E-state index is -0.271. The molecule has 1 amide bonds. The zero-order valence-electron chi connectivity index (χ0n) is 15.9. The first-order chi connectivity index (χ1) is 13.5. The minimum absolute atomic E-state index is 0.271. The summed E-state index contributed by atoms with van der Waals surface area (Å²) in [7, 11) is 3.97. The smallest absolute Gasteiger partial charge is 0.270 e. The lowest BCUT2D eigenvalue weighted by Crippen LogP contribution is -2.48. The molecule has 0 fully saturated rings. The van der Waals surface area contributed by atoms with Gasteiger partial charge in [0, 0.05) is 24.0 Å². The quantitative estimate of drug-likeness (QED) is 0.457. The van der Waals surface area contributed by atoms with Gasteiger partial charge in [0.2, 0.25) is 0 Å². The number of amides is 1. The van der Waals surface area contributed by atoms with E-state index in [0.717, 1.165) is 28.7 Å². The number of thiocarbonyl (C=S) groups is 1. The largest absolute Gasteiger partial charge is 0.360 e. The summed E-state index contributed by atoms with van der Waals surface area (Å²) >= 11 is 5.20. The molecule has 0 aliphatic rings. The van der Waals surface area contributed by atoms with Gasteiger partial charge in [0.05, 0.1) is 16.8 Å². The first-order valence-corrected chi connectivity index (χ1v) is 9.39. The first kappa shape index (κ1) is 19.7. The molecule has 0 radical (unpaired) electrons. The molecular weight excluding hydrogens is 370 g/mol. The van der Waals surface area contributed by atoms with Crippen molar-refractivity contribution in [3.05, 3.63) is 66.2 Å². The third kappa shape index (κ3) is 5.03. The van der Waals surface area contributed by atoms with Crippen molar-refractivity contribution in [2.45, 2.75) is 0 Å². The monoisotopic (exact) mass is 393 g/mol. The number of hydrogen-bond donors (Lipinski definition) is 3. The van der Waals surface area contributed by atoms with E-state index in [2.05, 4.69) is 16.2 Å². The van der Waals surface area contributed by atoms with Crippen molar-refractivity contribution < 1.29 is 4.79 Å². The molecule has 3 N–H and O–H groups in total. The second-order valence-corrected chi connectivity index (χ2v) is 6.98. The predicted octanol–water partition coefficient (Wildman–Crippen LogP) is 2.57. The zero-order chi connectivity index (χ0) is 19.9. The van der Waals surface area contributed by atoms with E-state index in [9.17, 15) is 4.79 Å². The number of hydrazine groups is 1. The fourth-order valence-corrected chi connectivity index (χ4v) is 2.89. The van der Waals surface area contributed by atoms with Gasteiger partial charge in [-0.2, -0.15) is 0 Å². The van der Waals surface area contributed by atoms with Gasteiger partial charge < -0.3 is 10.2 Å². The molecule has 144 valence electrons. The van der Waals surface area contributed by atoms with Crippen LogP contribution in [0.1, 0.15) is 10.4 Å². The number of aromatic nitrogens is 1. The lowest BCUT2D eigenvalue weighted by Gasteiger charge is -2.15. The van der Waals surface area contributed by atoms with Gasteiger partial charge >= 0.3 is 0 Å². The highest BCUT2D eigenvalue weighted by atomic mass is 32.1. The Morgan fingerprint density at radius 2 is 1.75 bits per heavy atom. The van der Waals surface area contributed by atoms with E-state index >= 15 is 0 Å². The van der Waals surface area contributed by atoms with Crippen LogP contribution in [0.5, 0.6) is 0 Å². The number of nitrogens with zero attached hydrogens (tertiary/aromatic N) is 2. The number of carbonyl (C=O) groups is 1. The Labute approximate surface area is 169 Å². The third-order valence-corrected chi connectivity index (χ3v) is 4.41. The molecule has 28 heavy (non-hydrogen) atoms. The topological polar surface area (TPSA) is 69.3 Å². The molecule has 6 nitrogen and oxygen atoms in total. The molecule has 0 aliphatic heterocycles. The molecule has 0 unspecified atom stereocenters. The lowest BCUT2D eigenvalue weighted by atomic mass is 10.0. The number of hydrogen-bond acceptors (Lipinski definition) is 4. The molecule has 1 aromatic heterocycles. The van der Waals surface area contributed by atoms with Crippen molar-refractivity contribution in [3.63, 3.8) is 0 Å². The van der Waals surface area contributed by atoms with Crippen LogP contribution in [0.15, 0.2) is 60.7 Å². The van der Waals surface area contributed by atoms with E-state index < -0.39 is 0 Å². The normalized spacial score (nSPS) is 10.7. The number of nitrogens with one attached hydrogen (secondary N) is 3. The Kier molecular flexibility index (Phi) is 6.52. The molecule has 0 aliphatic carbocycles. The van der Waals surface area contributed by atoms with Gasteiger partial charge in [-0.25, -0.2) is 4.98 Å². The number of likely N-dealkylation sites (N-methyl/N-ethyl adjacent to an activating group) is 1. The number of fused-ring (bicyclic) bond motifs is 1. The molecule has 0 bridgehead atoms. The second-order valence-electron chi connectivity index (χ2n) is 6.58. The van der Waals surface area contributed by atoms with E-state index in [4.69, 9.17) is 17.2 Å². The van der Waals surface area contributed by atoms with Gasteiger partial charge in [-0.05, 0) is 38.4 Å². The van der Waals surface area contributed by atoms with Crippen molar-refractivity contribution in [2.75, 3.05) is 27.2 Å². The van der Waals surface area contributed by atoms with E-state index in [1.54, 1.807) is 6.07 Å². The van der Waals surface area contributed by atoms with Gasteiger partial charge in [-0.15, -0.1) is 0 Å². The highest BCUT2D eigenvalue weighted by Crippen LogP contribution is 2.24. The summed E-state index contributed by atoms with van der Waals surface area (Å²) in [4.78, 5) is 19.6. The first-order valence-electron chi connectivity index (χ1n) is 8.99. The van der Waals surface area contributed by atoms with Gasteiger partial charge in [0.15, 0.2) is 5.11 Å². The van der Waals surface area contributed by atoms with Crippen LogP contribution in [-0.4, -0.2) is 48.1 Å². The second kappa shape index (κ2) is 9.25. The summed E-state index contributed by atoms with van der Waals surface area (Å²) in [6.07, 6.45) is 0. The van der Waals surface area contributed by atoms with Crippen molar-refractivity contribution in [3.8, 4) is 11.3 Å². The zero-order valence-corrected chi connectivity index (χ0v) is 16.7. The molecule has 0 saturated heterocycles. The molecule has 0 spiro atoms. The Bertz CT molecular complexity index is 975. The highest BCUT2D eigenvalue weighted by Gasteiger charge is 2.14. The van der Waals surface area contributed by atoms with E-state index in [1.807, 2.05) is 73.6 Å². The van der Waals surface area contributed by atoms with Crippen LogP contribution in [-0.2, 0) is 0 Å². The van der Waals surface area contributed by atoms with E-state index in [0.29, 0.717) is 17.2 Å². The maximum absolute atomic E-state index is 12.8. The Balaban J connectivity index is 1.79. The SMILES string of the molecule is CN(C)CCNC(=S)NNC(=O)c1cc(-c2ccccc2)nc2ccccc12. The summed E-state index contributed by atoms with van der Waals surface area (Å²) in [5.41, 5.74) is 8.44. The standard InChI is InChI=1S/C21H23N5OS/c1-26(2)13-12-22-21(28)25-24-20(27)17-14-19(15-8-4-3-5-9-15)23-18-11-7-6-10-16(17)18/h3-11,14H,12-13H2,1-2H3,(H,24,27)(H2,22,25,28). The number of pyridine rings is 1. The average Bonchev–Trinajstić information content (AvgIpc) is 2.71. The summed E-state index contributed by atoms with van der Waals surface area (Å²) in [5, 5.41) is 4.20. The van der Waals surface area contributed by atoms with Gasteiger partial charge in [-0.3, -0.25) is 15.6 Å². The molecule has 7 heteroatoms. The molecule has 3 rings (SSSR count). The van der Waals surface area contributed by atoms with Crippen LogP contribution < -0.4 is 16.2 Å². The van der Waals surface area contributed by atoms with Gasteiger partial charge in [0.25, 0.3) is 5.91 Å². The van der Waals surface area contributed by atoms with Gasteiger partial charge in [-0.1, -0.05) is 48.5 Å². The highest BCUT2D eigenvalue weighted by molar-refractivity contribution is 7.80. The Hall–Kier alpha value is -3.03. The summed E-state index contributed by atoms with van der Waals surface area (Å²) in [6.45, 7) is 1.52. The Morgan fingerprint density at radius 3 is 2.50 bits per heavy atom. The van der Waals surface area contributed by atoms with Crippen LogP contribution in [0.4, 0.5) is 0 Å². The molecule has 2 aromatic carbocycles. The van der Waals surface area contributed by atoms with Crippen LogP contribution in [0.2, 0.25) is 0 Å². The van der Waals surface area contributed by atoms with Crippen LogP contribution in [0, 0.1) is 0 Å². The fraction of sp³-hybridized carbons (Fsp3) is 0.190. The molecule has 0 atom stereocenters. The van der Waals surface area contributed by atoms with Crippen LogP contribution in [0.3, 0.4) is 0 Å². The number of para-hydroxylation sites is 1. The van der Waals surface area contributed by atoms with Crippen molar-refractivity contribution in [1.82, 2.24) is 26.1 Å². The minimum Gasteiger partial charge on any atom is -0.360 e. The lowest BCUT2D eigenvalue weighted by molar-refractivity contribution is 0.0945. The van der Waals surface area contributed by atoms with Gasteiger partial charge in [0.1, 0.15) is 0 Å². The van der Waals surface area contributed by atoms with Crippen molar-refractivity contribution in [2.24, 2.45) is 0 Å². The summed E-state index contributed by atoms with van der Waals surface area (Å²) in [5.74, 6) is -0.271. The molecular formula is C21H23N5OS. The fourth-order valence-electron chi connectivity index (χ4n) is 2.74. The molecule has 0 saturated carbocycles. The number of rotatable bonds is 5. The predicted molar refractivity (Wildman–Crippen MR) is 117 cm³/mol. The van der Waals surface area contributed by atoms with Crippen LogP contribution >= 0.6 is 12.2 Å². The summed E-state index contributed by atoms with van der Waals surface area (Å²) < 4.78 is 0. The Morgan fingerprint density at radius 1 is 1.04 bits per heavy atom. The van der Waals surface area contributed by atoms with Crippen molar-refractivity contribution in [1.29, 1.82) is 0 Å². The van der Waals surface area contributed by atoms with E-state index in [-0.39, 0.29) is 5.91 Å². The number of benzene rings is 2. The number of carbonyl (C=O) groups excluding carboxylic acids is 1. The third-order valence-electron chi connectivity index (χ3n) is 4.16. The summed E-state index contributed by atoms with van der Waals surface area (Å²) in [6, 6.07) is 19.2. The van der Waals surface area contributed by atoms with E-state index in [1.165, 1.54) is 0 Å². The maximum Gasteiger partial charge on any atom is 0.270 e. The molecule has 3 aromatic rings. The van der Waals surface area contributed by atoms with Crippen molar-refractivity contribution >= 4 is 34.1 Å². The average molecular weight is 394 g/mol. The van der Waals surface area contributed by atoms with Crippen LogP contribution in [0.25, 0.3) is 22.2 Å². The molecule has 1 heterocycles. The maximum atomic E-state index is 12.8.